The fourth-order valence-corrected chi connectivity index (χ4v) is 3.28. The van der Waals surface area contributed by atoms with Crippen LogP contribution in [0, 0.1) is 10.1 Å². The second kappa shape index (κ2) is 8.35. The first-order chi connectivity index (χ1) is 16.1. The van der Waals surface area contributed by atoms with Crippen LogP contribution in [0.2, 0.25) is 0 Å². The van der Waals surface area contributed by atoms with Crippen molar-refractivity contribution in [3.05, 3.63) is 112 Å². The van der Waals surface area contributed by atoms with Crippen LogP contribution in [0.25, 0.3) is 28.9 Å². The Hall–Kier alpha value is -4.85. The molecule has 33 heavy (non-hydrogen) atoms. The number of aliphatic imine (C=N–C) groups is 1. The predicted octanol–water partition coefficient (Wildman–Crippen LogP) is 5.26. The summed E-state index contributed by atoms with van der Waals surface area (Å²) in [6.07, 6.45) is 3.27. The molecule has 2 heterocycles. The van der Waals surface area contributed by atoms with E-state index in [-0.39, 0.29) is 17.3 Å². The van der Waals surface area contributed by atoms with Crippen LogP contribution in [0.5, 0.6) is 0 Å². The third kappa shape index (κ3) is 4.17. The monoisotopic (exact) mass is 437 g/mol. The van der Waals surface area contributed by atoms with E-state index in [1.54, 1.807) is 12.3 Å². The van der Waals surface area contributed by atoms with E-state index in [9.17, 15) is 14.9 Å². The van der Waals surface area contributed by atoms with Gasteiger partial charge in [-0.15, -0.1) is 0 Å². The van der Waals surface area contributed by atoms with Crippen LogP contribution in [-0.4, -0.2) is 21.7 Å². The average molecular weight is 437 g/mol. The number of amides is 1. The lowest BCUT2D eigenvalue weighted by atomic mass is 10.1. The van der Waals surface area contributed by atoms with E-state index in [4.69, 9.17) is 9.15 Å². The highest BCUT2D eigenvalue weighted by molar-refractivity contribution is 6.14. The first-order valence-electron chi connectivity index (χ1n) is 9.96. The third-order valence-electron chi connectivity index (χ3n) is 4.96. The van der Waals surface area contributed by atoms with Crippen molar-refractivity contribution in [2.24, 2.45) is 4.99 Å². The summed E-state index contributed by atoms with van der Waals surface area (Å²) in [5.74, 6) is 0.819. The van der Waals surface area contributed by atoms with Crippen molar-refractivity contribution < 1.29 is 18.9 Å². The van der Waals surface area contributed by atoms with E-state index in [1.165, 1.54) is 24.3 Å². The number of nitro benzene ring substituents is 1. The molecule has 160 valence electrons. The van der Waals surface area contributed by atoms with Crippen LogP contribution in [0.3, 0.4) is 0 Å². The number of carbonyl (C=O) groups excluding carboxylic acids is 1. The van der Waals surface area contributed by atoms with Crippen LogP contribution in [0.15, 0.2) is 100 Å². The number of nitrogens with zero attached hydrogens (tertiary/aromatic N) is 3. The van der Waals surface area contributed by atoms with Gasteiger partial charge in [0.25, 0.3) is 5.69 Å². The Bertz CT molecular complexity index is 1400. The van der Waals surface area contributed by atoms with Gasteiger partial charge >= 0.3 is 5.91 Å². The molecule has 8 heteroatoms. The Labute approximate surface area is 187 Å². The highest BCUT2D eigenvalue weighted by Gasteiger charge is 2.24. The standard InChI is InChI=1S/C25H15N3O5/c29-23-21(32-25(27-23)19-10-12-20(13-11-19)28(30)31)14-16-6-8-18(9-7-16)24-26-15-22(33-24)17-4-2-1-3-5-17/h1-15H/b21-14-. The van der Waals surface area contributed by atoms with Gasteiger partial charge < -0.3 is 9.15 Å². The zero-order valence-electron chi connectivity index (χ0n) is 17.0. The molecular weight excluding hydrogens is 422 g/mol. The number of oxazole rings is 1. The molecule has 3 aromatic carbocycles. The number of non-ortho nitro benzene ring substituents is 1. The number of nitro groups is 1. The number of benzene rings is 3. The van der Waals surface area contributed by atoms with Crippen molar-refractivity contribution >= 4 is 23.6 Å². The summed E-state index contributed by atoms with van der Waals surface area (Å²) in [4.78, 5) is 30.8. The van der Waals surface area contributed by atoms with Gasteiger partial charge in [-0.2, -0.15) is 4.99 Å². The molecule has 0 unspecified atom stereocenters. The van der Waals surface area contributed by atoms with E-state index in [0.717, 1.165) is 16.7 Å². The number of carbonyl (C=O) groups is 1. The summed E-state index contributed by atoms with van der Waals surface area (Å²) in [6.45, 7) is 0. The molecule has 0 N–H and O–H groups in total. The summed E-state index contributed by atoms with van der Waals surface area (Å²) in [5, 5.41) is 10.8. The van der Waals surface area contributed by atoms with Crippen LogP contribution >= 0.6 is 0 Å². The molecule has 0 fully saturated rings. The molecule has 0 radical (unpaired) electrons. The van der Waals surface area contributed by atoms with Gasteiger partial charge in [-0.25, -0.2) is 4.98 Å². The molecule has 1 aromatic heterocycles. The van der Waals surface area contributed by atoms with Crippen molar-refractivity contribution in [2.45, 2.75) is 0 Å². The van der Waals surface area contributed by atoms with Gasteiger partial charge in [0, 0.05) is 28.8 Å². The highest BCUT2D eigenvalue weighted by Crippen LogP contribution is 2.27. The molecule has 0 saturated carbocycles. The molecule has 5 rings (SSSR count). The van der Waals surface area contributed by atoms with Crippen molar-refractivity contribution in [2.75, 3.05) is 0 Å². The molecule has 0 spiro atoms. The van der Waals surface area contributed by atoms with Crippen molar-refractivity contribution in [3.8, 4) is 22.8 Å². The number of hydrogen-bond acceptors (Lipinski definition) is 6. The van der Waals surface area contributed by atoms with Crippen molar-refractivity contribution in [3.63, 3.8) is 0 Å². The minimum atomic E-state index is -0.521. The molecule has 0 atom stereocenters. The topological polar surface area (TPSA) is 108 Å². The molecule has 0 bridgehead atoms. The maximum absolute atomic E-state index is 12.2. The lowest BCUT2D eigenvalue weighted by Crippen LogP contribution is -2.00. The first-order valence-corrected chi connectivity index (χ1v) is 9.96. The van der Waals surface area contributed by atoms with Gasteiger partial charge in [0.1, 0.15) is 0 Å². The molecule has 1 amide bonds. The Kier molecular flexibility index (Phi) is 5.08. The molecule has 0 saturated heterocycles. The SMILES string of the molecule is O=C1N=C(c2ccc([N+](=O)[O-])cc2)O/C1=C\c1ccc(-c2ncc(-c3ccccc3)o2)cc1. The lowest BCUT2D eigenvalue weighted by molar-refractivity contribution is -0.384. The van der Waals surface area contributed by atoms with Crippen LogP contribution in [0.4, 0.5) is 5.69 Å². The predicted molar refractivity (Wildman–Crippen MR) is 121 cm³/mol. The van der Waals surface area contributed by atoms with E-state index in [0.29, 0.717) is 17.2 Å². The van der Waals surface area contributed by atoms with Crippen molar-refractivity contribution in [1.82, 2.24) is 4.98 Å². The normalized spacial score (nSPS) is 14.2. The van der Waals surface area contributed by atoms with Crippen LogP contribution < -0.4 is 0 Å². The van der Waals surface area contributed by atoms with Crippen LogP contribution in [-0.2, 0) is 9.53 Å². The maximum atomic E-state index is 12.2. The third-order valence-corrected chi connectivity index (χ3v) is 4.96. The Morgan fingerprint density at radius 1 is 0.848 bits per heavy atom. The summed E-state index contributed by atoms with van der Waals surface area (Å²) >= 11 is 0. The molecule has 4 aromatic rings. The summed E-state index contributed by atoms with van der Waals surface area (Å²) in [7, 11) is 0. The summed E-state index contributed by atoms with van der Waals surface area (Å²) in [6, 6.07) is 22.6. The number of rotatable bonds is 5. The Morgan fingerprint density at radius 2 is 1.55 bits per heavy atom. The van der Waals surface area contributed by atoms with Crippen LogP contribution in [0.1, 0.15) is 11.1 Å². The fraction of sp³-hybridized carbons (Fsp3) is 0. The smallest absolute Gasteiger partial charge is 0.316 e. The summed E-state index contributed by atoms with van der Waals surface area (Å²) in [5.41, 5.74) is 2.89. The molecule has 8 nitrogen and oxygen atoms in total. The van der Waals surface area contributed by atoms with Gasteiger partial charge in [-0.1, -0.05) is 42.5 Å². The Balaban J connectivity index is 1.31. The minimum absolute atomic E-state index is 0.0542. The minimum Gasteiger partial charge on any atom is -0.436 e. The first kappa shape index (κ1) is 20.1. The van der Waals surface area contributed by atoms with E-state index < -0.39 is 10.8 Å². The van der Waals surface area contributed by atoms with E-state index >= 15 is 0 Å². The van der Waals surface area contributed by atoms with Gasteiger partial charge in [0.05, 0.1) is 11.1 Å². The Morgan fingerprint density at radius 3 is 2.24 bits per heavy atom. The van der Waals surface area contributed by atoms with E-state index in [1.807, 2.05) is 54.6 Å². The fourth-order valence-electron chi connectivity index (χ4n) is 3.28. The zero-order chi connectivity index (χ0) is 22.8. The number of aromatic nitrogens is 1. The van der Waals surface area contributed by atoms with Gasteiger partial charge in [-0.3, -0.25) is 14.9 Å². The van der Waals surface area contributed by atoms with Gasteiger partial charge in [0.15, 0.2) is 11.5 Å². The second-order valence-electron chi connectivity index (χ2n) is 7.15. The van der Waals surface area contributed by atoms with Crippen molar-refractivity contribution in [1.29, 1.82) is 0 Å². The second-order valence-corrected chi connectivity index (χ2v) is 7.15. The maximum Gasteiger partial charge on any atom is 0.316 e. The van der Waals surface area contributed by atoms with Gasteiger partial charge in [-0.05, 0) is 35.9 Å². The molecule has 0 aliphatic carbocycles. The lowest BCUT2D eigenvalue weighted by Gasteiger charge is -2.02. The number of hydrogen-bond donors (Lipinski definition) is 0. The highest BCUT2D eigenvalue weighted by atomic mass is 16.6. The number of ether oxygens (including phenoxy) is 1. The molecule has 1 aliphatic rings. The van der Waals surface area contributed by atoms with E-state index in [2.05, 4.69) is 9.98 Å². The largest absolute Gasteiger partial charge is 0.436 e. The quantitative estimate of drug-likeness (QED) is 0.239. The summed E-state index contributed by atoms with van der Waals surface area (Å²) < 4.78 is 11.5. The zero-order valence-corrected chi connectivity index (χ0v) is 17.0. The van der Waals surface area contributed by atoms with Gasteiger partial charge in [0.2, 0.25) is 11.8 Å². The molecular formula is C25H15N3O5. The molecule has 1 aliphatic heterocycles. The average Bonchev–Trinajstić information content (AvgIpc) is 3.48.